The number of benzene rings is 3. The van der Waals surface area contributed by atoms with Gasteiger partial charge in [-0.15, -0.1) is 16.5 Å². The number of fused-ring (bicyclic) bond motifs is 2. The zero-order valence-corrected chi connectivity index (χ0v) is 29.1. The first kappa shape index (κ1) is 36.6. The summed E-state index contributed by atoms with van der Waals surface area (Å²) in [7, 11) is 0. The van der Waals surface area contributed by atoms with E-state index < -0.39 is 69.9 Å². The second kappa shape index (κ2) is 16.8. The summed E-state index contributed by atoms with van der Waals surface area (Å²) >= 11 is -0.313. The van der Waals surface area contributed by atoms with E-state index in [4.69, 9.17) is 18.9 Å². The molecule has 0 radical (unpaired) electrons. The van der Waals surface area contributed by atoms with Crippen molar-refractivity contribution in [2.45, 2.75) is 67.8 Å². The SMILES string of the molecule is CC(C)(C)[S+]([O-])N[C@@H]1C/C=C\[C@@H](CO)CS[C@H]2O[C@H]1[C@H](OC(=O)c1ccccc1)[C@H](OC(=O)c1ccccc1)[C@H]2OC(=O)c1ccccc1. The average Bonchev–Trinajstić information content (AvgIpc) is 3.11. The molecule has 0 saturated carbocycles. The number of esters is 3. The van der Waals surface area contributed by atoms with Crippen molar-refractivity contribution in [3.63, 3.8) is 0 Å². The third-order valence-corrected chi connectivity index (χ3v) is 11.0. The van der Waals surface area contributed by atoms with E-state index in [0.717, 1.165) is 0 Å². The van der Waals surface area contributed by atoms with E-state index in [-0.39, 0.29) is 35.6 Å². The van der Waals surface area contributed by atoms with Gasteiger partial charge in [0.25, 0.3) is 0 Å². The number of rotatable bonds is 9. The van der Waals surface area contributed by atoms with E-state index in [1.807, 2.05) is 32.9 Å². The summed E-state index contributed by atoms with van der Waals surface area (Å²) in [6, 6.07) is 24.3. The molecule has 0 aliphatic carbocycles. The number of carbonyl (C=O) groups excluding carboxylic acids is 3. The van der Waals surface area contributed by atoms with Crippen molar-refractivity contribution in [3.8, 4) is 0 Å². The van der Waals surface area contributed by atoms with Crippen LogP contribution in [0.3, 0.4) is 0 Å². The van der Waals surface area contributed by atoms with Gasteiger partial charge in [-0.2, -0.15) is 0 Å². The molecular weight excluding hydrogens is 667 g/mol. The van der Waals surface area contributed by atoms with Crippen molar-refractivity contribution in [1.29, 1.82) is 0 Å². The highest BCUT2D eigenvalue weighted by Gasteiger charge is 2.55. The molecule has 0 aromatic heterocycles. The zero-order valence-electron chi connectivity index (χ0n) is 27.5. The zero-order chi connectivity index (χ0) is 35.0. The Bertz CT molecular complexity index is 1570. The summed E-state index contributed by atoms with van der Waals surface area (Å²) in [5.41, 5.74) is -0.190. The van der Waals surface area contributed by atoms with Gasteiger partial charge in [-0.05, 0) is 63.6 Å². The Kier molecular flexibility index (Phi) is 12.6. The van der Waals surface area contributed by atoms with Crippen LogP contribution in [0.2, 0.25) is 0 Å². The third-order valence-electron chi connectivity index (χ3n) is 8.01. The fraction of sp³-hybridized carbons (Fsp3) is 0.378. The van der Waals surface area contributed by atoms with E-state index >= 15 is 0 Å². The molecule has 1 saturated heterocycles. The molecule has 0 spiro atoms. The van der Waals surface area contributed by atoms with Gasteiger partial charge in [-0.25, -0.2) is 14.4 Å². The smallest absolute Gasteiger partial charge is 0.338 e. The molecule has 8 atom stereocenters. The van der Waals surface area contributed by atoms with Gasteiger partial charge in [0.1, 0.15) is 16.3 Å². The Morgan fingerprint density at radius 3 is 1.76 bits per heavy atom. The quantitative estimate of drug-likeness (QED) is 0.133. The lowest BCUT2D eigenvalue weighted by Gasteiger charge is -2.47. The van der Waals surface area contributed by atoms with Crippen molar-refractivity contribution < 1.29 is 43.0 Å². The van der Waals surface area contributed by atoms with Gasteiger partial charge in [0, 0.05) is 23.0 Å². The molecule has 3 aromatic rings. The Hall–Kier alpha value is -3.65. The van der Waals surface area contributed by atoms with Crippen LogP contribution in [0.1, 0.15) is 58.3 Å². The van der Waals surface area contributed by atoms with Crippen LogP contribution in [-0.2, 0) is 30.3 Å². The minimum atomic E-state index is -1.59. The number of aliphatic hydroxyl groups excluding tert-OH is 1. The Morgan fingerprint density at radius 1 is 0.816 bits per heavy atom. The highest BCUT2D eigenvalue weighted by Crippen LogP contribution is 2.38. The summed E-state index contributed by atoms with van der Waals surface area (Å²) < 4.78 is 41.3. The molecule has 10 nitrogen and oxygen atoms in total. The third kappa shape index (κ3) is 9.53. The fourth-order valence-corrected chi connectivity index (χ4v) is 7.47. The van der Waals surface area contributed by atoms with Crippen LogP contribution < -0.4 is 4.72 Å². The predicted molar refractivity (Wildman–Crippen MR) is 187 cm³/mol. The number of ether oxygens (including phenoxy) is 4. The topological polar surface area (TPSA) is 143 Å². The molecule has 2 N–H and O–H groups in total. The van der Waals surface area contributed by atoms with Crippen LogP contribution in [-0.4, -0.2) is 80.6 Å². The van der Waals surface area contributed by atoms with Gasteiger partial charge >= 0.3 is 17.9 Å². The van der Waals surface area contributed by atoms with E-state index in [0.29, 0.717) is 5.75 Å². The molecular formula is C37H41NO9S2. The minimum Gasteiger partial charge on any atom is -0.598 e. The number of nitrogens with one attached hydrogen (secondary N) is 1. The number of hydrogen-bond acceptors (Lipinski definition) is 11. The maximum atomic E-state index is 13.7. The van der Waals surface area contributed by atoms with Gasteiger partial charge < -0.3 is 28.6 Å². The number of carbonyl (C=O) groups is 3. The molecule has 2 bridgehead atoms. The Balaban J connectivity index is 1.63. The highest BCUT2D eigenvalue weighted by atomic mass is 32.2. The van der Waals surface area contributed by atoms with Crippen molar-refractivity contribution >= 4 is 41.0 Å². The van der Waals surface area contributed by atoms with E-state index in [1.165, 1.54) is 11.8 Å². The lowest BCUT2D eigenvalue weighted by molar-refractivity contribution is -0.205. The Labute approximate surface area is 293 Å². The largest absolute Gasteiger partial charge is 0.598 e. The number of thioether (sulfide) groups is 1. The van der Waals surface area contributed by atoms with E-state index in [2.05, 4.69) is 4.72 Å². The summed E-state index contributed by atoms with van der Waals surface area (Å²) in [4.78, 5) is 41.1. The monoisotopic (exact) mass is 707 g/mol. The second-order valence-electron chi connectivity index (χ2n) is 12.7. The van der Waals surface area contributed by atoms with Crippen LogP contribution in [0.5, 0.6) is 0 Å². The molecule has 1 fully saturated rings. The average molecular weight is 708 g/mol. The van der Waals surface area contributed by atoms with Crippen LogP contribution in [0.25, 0.3) is 0 Å². The van der Waals surface area contributed by atoms with Crippen LogP contribution >= 0.6 is 11.8 Å². The van der Waals surface area contributed by atoms with Crippen LogP contribution in [0, 0.1) is 5.92 Å². The first-order valence-electron chi connectivity index (χ1n) is 16.1. The standard InChI is InChI=1S/C37H41NO9S2/c1-37(2,3)49(43)38-28-21-13-14-24(22-39)23-48-36-32(46-35(42)27-19-11-6-12-20-27)31(45-34(41)26-17-9-5-10-18-26)30(29(28)47-36)44-33(40)25-15-7-4-8-16-25/h4-20,24,28-32,36,38-39H,21-23H2,1-3H3/b14-13-/t24-,28+,29+,30-,31-,32+,36+,49?/m0/s1. The molecule has 260 valence electrons. The molecule has 3 aromatic carbocycles. The van der Waals surface area contributed by atoms with E-state index in [1.54, 1.807) is 91.0 Å². The van der Waals surface area contributed by atoms with Crippen molar-refractivity contribution in [3.05, 3.63) is 120 Å². The molecule has 0 amide bonds. The lowest BCUT2D eigenvalue weighted by Crippen LogP contribution is -2.66. The first-order valence-corrected chi connectivity index (χ1v) is 18.3. The number of aliphatic hydroxyl groups is 1. The molecule has 5 rings (SSSR count). The van der Waals surface area contributed by atoms with Gasteiger partial charge in [0.2, 0.25) is 0 Å². The molecule has 12 heteroatoms. The summed E-state index contributed by atoms with van der Waals surface area (Å²) in [5, 5.41) is 10.1. The molecule has 2 aliphatic rings. The minimum absolute atomic E-state index is 0.149. The van der Waals surface area contributed by atoms with Crippen molar-refractivity contribution in [1.82, 2.24) is 4.72 Å². The van der Waals surface area contributed by atoms with Crippen LogP contribution in [0.4, 0.5) is 0 Å². The fourth-order valence-electron chi connectivity index (χ4n) is 5.35. The summed E-state index contributed by atoms with van der Waals surface area (Å²) in [5.74, 6) is -2.02. The van der Waals surface area contributed by atoms with Gasteiger partial charge in [-0.3, -0.25) is 0 Å². The maximum absolute atomic E-state index is 13.7. The van der Waals surface area contributed by atoms with E-state index in [9.17, 15) is 24.0 Å². The van der Waals surface area contributed by atoms with Crippen molar-refractivity contribution in [2.75, 3.05) is 12.4 Å². The highest BCUT2D eigenvalue weighted by molar-refractivity contribution is 7.99. The second-order valence-corrected chi connectivity index (χ2v) is 15.9. The van der Waals surface area contributed by atoms with Crippen LogP contribution in [0.15, 0.2) is 103 Å². The molecule has 1 unspecified atom stereocenters. The van der Waals surface area contributed by atoms with Gasteiger partial charge in [-0.1, -0.05) is 66.7 Å². The summed E-state index contributed by atoms with van der Waals surface area (Å²) in [6.07, 6.45) is -0.933. The molecule has 49 heavy (non-hydrogen) atoms. The Morgan fingerprint density at radius 2 is 1.29 bits per heavy atom. The summed E-state index contributed by atoms with van der Waals surface area (Å²) in [6.45, 7) is 5.32. The normalized spacial score (nSPS) is 26.8. The maximum Gasteiger partial charge on any atom is 0.338 e. The molecule has 2 aliphatic heterocycles. The van der Waals surface area contributed by atoms with Gasteiger partial charge in [0.15, 0.2) is 18.3 Å². The predicted octanol–water partition coefficient (Wildman–Crippen LogP) is 5.11. The lowest BCUT2D eigenvalue weighted by atomic mass is 9.92. The van der Waals surface area contributed by atoms with Gasteiger partial charge in [0.05, 0.1) is 29.3 Å². The molecule has 2 heterocycles. The van der Waals surface area contributed by atoms with Crippen molar-refractivity contribution in [2.24, 2.45) is 5.92 Å². The first-order chi connectivity index (χ1) is 23.5. The number of hydrogen-bond donors (Lipinski definition) is 2.